The maximum atomic E-state index is 13.4. The molecule has 1 unspecified atom stereocenters. The Morgan fingerprint density at radius 1 is 1.36 bits per heavy atom. The van der Waals surface area contributed by atoms with Gasteiger partial charge in [-0.3, -0.25) is 4.99 Å². The molecule has 28 heavy (non-hydrogen) atoms. The number of ether oxygens (including phenoxy) is 2. The number of benzene rings is 1. The van der Waals surface area contributed by atoms with E-state index in [0.717, 1.165) is 50.7 Å². The van der Waals surface area contributed by atoms with E-state index in [1.807, 2.05) is 12.1 Å². The summed E-state index contributed by atoms with van der Waals surface area (Å²) >= 11 is 0. The zero-order chi connectivity index (χ0) is 19.4. The minimum Gasteiger partial charge on any atom is -0.439 e. The van der Waals surface area contributed by atoms with Crippen LogP contribution >= 0.6 is 0 Å². The van der Waals surface area contributed by atoms with Crippen LogP contribution in [0, 0.1) is 11.2 Å². The fourth-order valence-corrected chi connectivity index (χ4v) is 3.89. The number of nitrogens with zero attached hydrogens (tertiary/aromatic N) is 3. The van der Waals surface area contributed by atoms with Gasteiger partial charge in [0, 0.05) is 56.5 Å². The smallest absolute Gasteiger partial charge is 0.224 e. The third-order valence-corrected chi connectivity index (χ3v) is 5.43. The lowest BCUT2D eigenvalue weighted by Gasteiger charge is -2.25. The van der Waals surface area contributed by atoms with Gasteiger partial charge < -0.3 is 19.7 Å². The number of aromatic nitrogens is 1. The first-order valence-electron chi connectivity index (χ1n) is 9.58. The molecule has 2 saturated heterocycles. The molecule has 4 rings (SSSR count). The maximum Gasteiger partial charge on any atom is 0.224 e. The molecule has 1 aromatic carbocycles. The fourth-order valence-electron chi connectivity index (χ4n) is 3.89. The van der Waals surface area contributed by atoms with E-state index in [4.69, 9.17) is 9.47 Å². The van der Waals surface area contributed by atoms with Crippen molar-refractivity contribution >= 4 is 5.96 Å². The lowest BCUT2D eigenvalue weighted by atomic mass is 9.87. The van der Waals surface area contributed by atoms with Crippen LogP contribution in [0.25, 0.3) is 0 Å². The number of halogens is 1. The van der Waals surface area contributed by atoms with Gasteiger partial charge in [0.1, 0.15) is 11.6 Å². The predicted molar refractivity (Wildman–Crippen MR) is 105 cm³/mol. The molecule has 2 fully saturated rings. The molecule has 1 atom stereocenters. The molecule has 0 aliphatic carbocycles. The summed E-state index contributed by atoms with van der Waals surface area (Å²) in [7, 11) is 1.80. The molecule has 0 saturated carbocycles. The van der Waals surface area contributed by atoms with Crippen molar-refractivity contribution < 1.29 is 13.9 Å². The summed E-state index contributed by atoms with van der Waals surface area (Å²) < 4.78 is 24.8. The second kappa shape index (κ2) is 8.14. The lowest BCUT2D eigenvalue weighted by Crippen LogP contribution is -2.41. The van der Waals surface area contributed by atoms with Crippen molar-refractivity contribution in [2.45, 2.75) is 19.4 Å². The standard InChI is InChI=1S/C21H25FN4O2/c1-23-20(26-10-7-21(14-26)8-11-27-15-21)25-13-16-4-3-9-24-19(16)28-18-6-2-5-17(22)12-18/h2-6,9,12H,7-8,10-11,13-15H2,1H3,(H,23,25). The second-order valence-electron chi connectivity index (χ2n) is 7.40. The summed E-state index contributed by atoms with van der Waals surface area (Å²) in [6, 6.07) is 9.86. The number of likely N-dealkylation sites (tertiary alicyclic amines) is 1. The highest BCUT2D eigenvalue weighted by atomic mass is 19.1. The molecule has 2 aromatic rings. The highest BCUT2D eigenvalue weighted by molar-refractivity contribution is 5.80. The van der Waals surface area contributed by atoms with Crippen LogP contribution < -0.4 is 10.1 Å². The largest absolute Gasteiger partial charge is 0.439 e. The monoisotopic (exact) mass is 384 g/mol. The Bertz CT molecular complexity index is 852. The van der Waals surface area contributed by atoms with E-state index in [1.54, 1.807) is 25.4 Å². The minimum absolute atomic E-state index is 0.275. The third kappa shape index (κ3) is 4.09. The van der Waals surface area contributed by atoms with Crippen molar-refractivity contribution in [2.75, 3.05) is 33.4 Å². The maximum absolute atomic E-state index is 13.4. The Labute approximate surface area is 164 Å². The Hall–Kier alpha value is -2.67. The molecule has 7 heteroatoms. The van der Waals surface area contributed by atoms with Crippen LogP contribution in [-0.4, -0.2) is 49.2 Å². The van der Waals surface area contributed by atoms with Gasteiger partial charge in [0.2, 0.25) is 5.88 Å². The molecule has 3 heterocycles. The molecule has 0 radical (unpaired) electrons. The fraction of sp³-hybridized carbons (Fsp3) is 0.429. The first kappa shape index (κ1) is 18.7. The summed E-state index contributed by atoms with van der Waals surface area (Å²) in [6.07, 6.45) is 3.92. The van der Waals surface area contributed by atoms with Crippen molar-refractivity contribution in [1.82, 2.24) is 15.2 Å². The summed E-state index contributed by atoms with van der Waals surface area (Å²) in [4.78, 5) is 11.0. The number of hydrogen-bond acceptors (Lipinski definition) is 4. The van der Waals surface area contributed by atoms with Gasteiger partial charge in [-0.1, -0.05) is 12.1 Å². The molecule has 2 aliphatic rings. The van der Waals surface area contributed by atoms with Crippen LogP contribution in [0.3, 0.4) is 0 Å². The predicted octanol–water partition coefficient (Wildman–Crippen LogP) is 3.20. The lowest BCUT2D eigenvalue weighted by molar-refractivity contribution is 0.156. The number of guanidine groups is 1. The number of aliphatic imine (C=N–C) groups is 1. The zero-order valence-corrected chi connectivity index (χ0v) is 16.0. The Kier molecular flexibility index (Phi) is 5.43. The summed E-state index contributed by atoms with van der Waals surface area (Å²) in [6.45, 7) is 4.16. The number of nitrogens with one attached hydrogen (secondary N) is 1. The van der Waals surface area contributed by atoms with Crippen LogP contribution in [0.1, 0.15) is 18.4 Å². The van der Waals surface area contributed by atoms with E-state index in [-0.39, 0.29) is 11.2 Å². The zero-order valence-electron chi connectivity index (χ0n) is 16.0. The van der Waals surface area contributed by atoms with Gasteiger partial charge in [0.15, 0.2) is 5.96 Å². The van der Waals surface area contributed by atoms with Gasteiger partial charge >= 0.3 is 0 Å². The highest BCUT2D eigenvalue weighted by Crippen LogP contribution is 2.38. The van der Waals surface area contributed by atoms with Crippen LogP contribution in [0.15, 0.2) is 47.6 Å². The molecule has 1 N–H and O–H groups in total. The molecular weight excluding hydrogens is 359 g/mol. The van der Waals surface area contributed by atoms with Crippen LogP contribution in [0.4, 0.5) is 4.39 Å². The van der Waals surface area contributed by atoms with Crippen LogP contribution in [-0.2, 0) is 11.3 Å². The van der Waals surface area contributed by atoms with Gasteiger partial charge in [-0.25, -0.2) is 9.37 Å². The highest BCUT2D eigenvalue weighted by Gasteiger charge is 2.42. The van der Waals surface area contributed by atoms with Gasteiger partial charge in [0.05, 0.1) is 6.61 Å². The van der Waals surface area contributed by atoms with Crippen molar-refractivity contribution in [3.8, 4) is 11.6 Å². The number of rotatable bonds is 4. The van der Waals surface area contributed by atoms with Gasteiger partial charge in [-0.2, -0.15) is 0 Å². The Morgan fingerprint density at radius 2 is 2.29 bits per heavy atom. The van der Waals surface area contributed by atoms with E-state index in [1.165, 1.54) is 12.1 Å². The molecule has 0 amide bonds. The third-order valence-electron chi connectivity index (χ3n) is 5.43. The topological polar surface area (TPSA) is 59.0 Å². The molecule has 2 aliphatic heterocycles. The van der Waals surface area contributed by atoms with E-state index in [2.05, 4.69) is 20.2 Å². The molecule has 1 aromatic heterocycles. The summed E-state index contributed by atoms with van der Waals surface area (Å²) in [5, 5.41) is 3.41. The summed E-state index contributed by atoms with van der Waals surface area (Å²) in [5.74, 6) is 1.40. The summed E-state index contributed by atoms with van der Waals surface area (Å²) in [5.41, 5.74) is 1.16. The number of pyridine rings is 1. The minimum atomic E-state index is -0.340. The Balaban J connectivity index is 1.41. The van der Waals surface area contributed by atoms with Gasteiger partial charge in [-0.15, -0.1) is 0 Å². The van der Waals surface area contributed by atoms with Crippen molar-refractivity contribution in [3.63, 3.8) is 0 Å². The molecule has 6 nitrogen and oxygen atoms in total. The van der Waals surface area contributed by atoms with E-state index >= 15 is 0 Å². The van der Waals surface area contributed by atoms with E-state index < -0.39 is 0 Å². The van der Waals surface area contributed by atoms with Gasteiger partial charge in [-0.05, 0) is 31.0 Å². The Morgan fingerprint density at radius 3 is 3.07 bits per heavy atom. The van der Waals surface area contributed by atoms with Crippen LogP contribution in [0.2, 0.25) is 0 Å². The molecular formula is C21H25FN4O2. The SMILES string of the molecule is CN=C(NCc1cccnc1Oc1cccc(F)c1)N1CCC2(CCOC2)C1. The average Bonchev–Trinajstić information content (AvgIpc) is 3.34. The number of hydrogen-bond donors (Lipinski definition) is 1. The quantitative estimate of drug-likeness (QED) is 0.648. The first-order valence-corrected chi connectivity index (χ1v) is 9.58. The normalized spacial score (nSPS) is 22.1. The van der Waals surface area contributed by atoms with E-state index in [0.29, 0.717) is 18.2 Å². The molecule has 148 valence electrons. The van der Waals surface area contributed by atoms with Crippen molar-refractivity contribution in [1.29, 1.82) is 0 Å². The molecule has 0 bridgehead atoms. The average molecular weight is 384 g/mol. The van der Waals surface area contributed by atoms with Crippen LogP contribution in [0.5, 0.6) is 11.6 Å². The van der Waals surface area contributed by atoms with Gasteiger partial charge in [0.25, 0.3) is 0 Å². The van der Waals surface area contributed by atoms with Crippen molar-refractivity contribution in [3.05, 3.63) is 54.0 Å². The first-order chi connectivity index (χ1) is 13.7. The molecule has 1 spiro atoms. The van der Waals surface area contributed by atoms with Crippen molar-refractivity contribution in [2.24, 2.45) is 10.4 Å². The second-order valence-corrected chi connectivity index (χ2v) is 7.40. The van der Waals surface area contributed by atoms with E-state index in [9.17, 15) is 4.39 Å².